The number of para-hydroxylation sites is 1. The van der Waals surface area contributed by atoms with Gasteiger partial charge in [0.1, 0.15) is 0 Å². The van der Waals surface area contributed by atoms with E-state index in [0.717, 1.165) is 17.5 Å². The van der Waals surface area contributed by atoms with Crippen molar-refractivity contribution in [3.8, 4) is 0 Å². The highest BCUT2D eigenvalue weighted by Crippen LogP contribution is 2.19. The summed E-state index contributed by atoms with van der Waals surface area (Å²) in [5.74, 6) is -0.374. The number of nitrogens with zero attached hydrogens (tertiary/aromatic N) is 1. The Balaban J connectivity index is 1.86. The summed E-state index contributed by atoms with van der Waals surface area (Å²) < 4.78 is 27.6. The number of hydrogen-bond acceptors (Lipinski definition) is 3. The highest BCUT2D eigenvalue weighted by molar-refractivity contribution is 7.89. The van der Waals surface area contributed by atoms with E-state index in [0.29, 0.717) is 5.69 Å². The maximum absolute atomic E-state index is 13.2. The van der Waals surface area contributed by atoms with Gasteiger partial charge in [-0.25, -0.2) is 8.42 Å². The number of nitrogens with one attached hydrogen (secondary N) is 1. The second kappa shape index (κ2) is 9.49. The molecule has 3 rings (SSSR count). The first-order valence-corrected chi connectivity index (χ1v) is 10.9. The van der Waals surface area contributed by atoms with Crippen LogP contribution in [0.4, 0.5) is 5.69 Å². The van der Waals surface area contributed by atoms with E-state index in [-0.39, 0.29) is 23.9 Å². The van der Waals surface area contributed by atoms with Gasteiger partial charge in [0.2, 0.25) is 15.9 Å². The molecule has 0 atom stereocenters. The summed E-state index contributed by atoms with van der Waals surface area (Å²) in [5, 5.41) is 2.86. The quantitative estimate of drug-likeness (QED) is 0.611. The molecular weight excluding hydrogens is 384 g/mol. The smallest absolute Gasteiger partial charge is 0.243 e. The molecule has 0 spiro atoms. The lowest BCUT2D eigenvalue weighted by atomic mass is 10.1. The zero-order valence-electron chi connectivity index (χ0n) is 16.3. The Morgan fingerprint density at radius 3 is 2.10 bits per heavy atom. The molecule has 0 aromatic heterocycles. The highest BCUT2D eigenvalue weighted by Gasteiger charge is 2.27. The Kier molecular flexibility index (Phi) is 6.80. The van der Waals surface area contributed by atoms with Crippen LogP contribution in [0.15, 0.2) is 89.8 Å². The molecule has 0 saturated heterocycles. The van der Waals surface area contributed by atoms with Crippen LogP contribution in [0.5, 0.6) is 0 Å². The van der Waals surface area contributed by atoms with Crippen molar-refractivity contribution in [2.24, 2.45) is 0 Å². The van der Waals surface area contributed by atoms with Gasteiger partial charge < -0.3 is 5.32 Å². The Labute approximate surface area is 172 Å². The fraction of sp³-hybridized carbons (Fsp3) is 0.174. The number of benzene rings is 3. The Bertz CT molecular complexity index is 1050. The van der Waals surface area contributed by atoms with Crippen LogP contribution in [0.1, 0.15) is 18.1 Å². The average Bonchev–Trinajstić information content (AvgIpc) is 2.75. The van der Waals surface area contributed by atoms with Gasteiger partial charge in [-0.05, 0) is 35.7 Å². The first-order chi connectivity index (χ1) is 14.0. The third-order valence-corrected chi connectivity index (χ3v) is 6.38. The molecule has 3 aromatic rings. The zero-order valence-corrected chi connectivity index (χ0v) is 17.1. The minimum atomic E-state index is -3.83. The predicted molar refractivity (Wildman–Crippen MR) is 115 cm³/mol. The average molecular weight is 409 g/mol. The fourth-order valence-corrected chi connectivity index (χ4v) is 4.46. The molecule has 0 bridgehead atoms. The van der Waals surface area contributed by atoms with E-state index < -0.39 is 10.0 Å². The van der Waals surface area contributed by atoms with E-state index in [2.05, 4.69) is 5.32 Å². The van der Waals surface area contributed by atoms with Crippen molar-refractivity contribution in [2.75, 3.05) is 11.9 Å². The minimum Gasteiger partial charge on any atom is -0.325 e. The summed E-state index contributed by atoms with van der Waals surface area (Å²) in [6.45, 7) is 1.84. The van der Waals surface area contributed by atoms with Gasteiger partial charge in [0.05, 0.1) is 11.4 Å². The molecule has 0 aliphatic carbocycles. The number of hydrogen-bond donors (Lipinski definition) is 1. The van der Waals surface area contributed by atoms with Crippen LogP contribution in [-0.4, -0.2) is 25.2 Å². The van der Waals surface area contributed by atoms with Crippen LogP contribution < -0.4 is 5.32 Å². The van der Waals surface area contributed by atoms with Crippen LogP contribution in [-0.2, 0) is 27.8 Å². The second-order valence-electron chi connectivity index (χ2n) is 6.63. The lowest BCUT2D eigenvalue weighted by molar-refractivity contribution is -0.116. The van der Waals surface area contributed by atoms with Gasteiger partial charge in [-0.3, -0.25) is 4.79 Å². The van der Waals surface area contributed by atoms with Gasteiger partial charge in [0.15, 0.2) is 0 Å². The van der Waals surface area contributed by atoms with E-state index in [1.54, 1.807) is 18.2 Å². The molecule has 150 valence electrons. The van der Waals surface area contributed by atoms with E-state index >= 15 is 0 Å². The van der Waals surface area contributed by atoms with Crippen molar-refractivity contribution in [1.29, 1.82) is 0 Å². The number of rotatable bonds is 8. The molecule has 0 unspecified atom stereocenters. The van der Waals surface area contributed by atoms with Gasteiger partial charge in [0.25, 0.3) is 0 Å². The molecule has 29 heavy (non-hydrogen) atoms. The third kappa shape index (κ3) is 5.31. The first kappa shape index (κ1) is 20.8. The van der Waals surface area contributed by atoms with E-state index in [9.17, 15) is 13.2 Å². The largest absolute Gasteiger partial charge is 0.325 e. The Morgan fingerprint density at radius 1 is 0.862 bits per heavy atom. The number of carbonyl (C=O) groups is 1. The summed E-state index contributed by atoms with van der Waals surface area (Å²) in [4.78, 5) is 12.9. The third-order valence-electron chi connectivity index (χ3n) is 4.58. The lowest BCUT2D eigenvalue weighted by Gasteiger charge is -2.22. The van der Waals surface area contributed by atoms with E-state index in [1.807, 2.05) is 61.5 Å². The molecule has 0 heterocycles. The van der Waals surface area contributed by atoms with Crippen LogP contribution in [0.3, 0.4) is 0 Å². The van der Waals surface area contributed by atoms with Crippen LogP contribution in [0.2, 0.25) is 0 Å². The highest BCUT2D eigenvalue weighted by atomic mass is 32.2. The number of sulfonamides is 1. The molecule has 0 saturated carbocycles. The number of anilines is 1. The Hall–Kier alpha value is -2.96. The first-order valence-electron chi connectivity index (χ1n) is 9.47. The summed E-state index contributed by atoms with van der Waals surface area (Å²) in [6.07, 6.45) is 0.770. The second-order valence-corrected chi connectivity index (χ2v) is 8.57. The molecule has 6 heteroatoms. The molecule has 5 nitrogen and oxygen atoms in total. The summed E-state index contributed by atoms with van der Waals surface area (Å²) >= 11 is 0. The van der Waals surface area contributed by atoms with Crippen molar-refractivity contribution in [3.63, 3.8) is 0 Å². The van der Waals surface area contributed by atoms with Crippen molar-refractivity contribution < 1.29 is 13.2 Å². The predicted octanol–water partition coefficient (Wildman–Crippen LogP) is 4.08. The summed E-state index contributed by atoms with van der Waals surface area (Å²) in [7, 11) is -3.83. The van der Waals surface area contributed by atoms with Gasteiger partial charge >= 0.3 is 0 Å². The van der Waals surface area contributed by atoms with Crippen LogP contribution in [0.25, 0.3) is 0 Å². The minimum absolute atomic E-state index is 0.112. The van der Waals surface area contributed by atoms with Crippen LogP contribution in [0, 0.1) is 0 Å². The number of aryl methyl sites for hydroxylation is 1. The summed E-state index contributed by atoms with van der Waals surface area (Å²) in [5.41, 5.74) is 2.52. The standard InChI is InChI=1S/C23H24N2O3S/c1-2-20-13-9-10-16-22(20)24-23(26)18-25(17-19-11-5-3-6-12-19)29(27,28)21-14-7-4-8-15-21/h3-16H,2,17-18H2,1H3,(H,24,26). The fourth-order valence-electron chi connectivity index (χ4n) is 3.05. The number of carbonyl (C=O) groups excluding carboxylic acids is 1. The van der Waals surface area contributed by atoms with Gasteiger partial charge in [0, 0.05) is 12.2 Å². The monoisotopic (exact) mass is 408 g/mol. The maximum Gasteiger partial charge on any atom is 0.243 e. The van der Waals surface area contributed by atoms with Crippen LogP contribution >= 0.6 is 0 Å². The molecular formula is C23H24N2O3S. The summed E-state index contributed by atoms with van der Waals surface area (Å²) in [6, 6.07) is 25.0. The molecule has 3 aromatic carbocycles. The number of amides is 1. The molecule has 0 fully saturated rings. The van der Waals surface area contributed by atoms with Crippen molar-refractivity contribution in [1.82, 2.24) is 4.31 Å². The van der Waals surface area contributed by atoms with Gasteiger partial charge in [-0.2, -0.15) is 4.31 Å². The molecule has 0 aliphatic rings. The maximum atomic E-state index is 13.2. The van der Waals surface area contributed by atoms with E-state index in [4.69, 9.17) is 0 Å². The zero-order chi connectivity index (χ0) is 20.7. The lowest BCUT2D eigenvalue weighted by Crippen LogP contribution is -2.37. The molecule has 0 radical (unpaired) electrons. The van der Waals surface area contributed by atoms with Gasteiger partial charge in [-0.15, -0.1) is 0 Å². The van der Waals surface area contributed by atoms with Gasteiger partial charge in [-0.1, -0.05) is 73.7 Å². The van der Waals surface area contributed by atoms with Crippen molar-refractivity contribution in [2.45, 2.75) is 24.8 Å². The topological polar surface area (TPSA) is 66.5 Å². The molecule has 1 amide bonds. The van der Waals surface area contributed by atoms with E-state index in [1.165, 1.54) is 16.4 Å². The molecule has 0 aliphatic heterocycles. The van der Waals surface area contributed by atoms with Crippen molar-refractivity contribution >= 4 is 21.6 Å². The van der Waals surface area contributed by atoms with Crippen molar-refractivity contribution in [3.05, 3.63) is 96.1 Å². The Morgan fingerprint density at radius 2 is 1.45 bits per heavy atom. The molecule has 1 N–H and O–H groups in total. The normalized spacial score (nSPS) is 11.4. The SMILES string of the molecule is CCc1ccccc1NC(=O)CN(Cc1ccccc1)S(=O)(=O)c1ccccc1.